The van der Waals surface area contributed by atoms with Gasteiger partial charge in [0.1, 0.15) is 17.5 Å². The van der Waals surface area contributed by atoms with Gasteiger partial charge in [-0.15, -0.1) is 0 Å². The fourth-order valence-corrected chi connectivity index (χ4v) is 3.27. The Morgan fingerprint density at radius 1 is 1.12 bits per heavy atom. The van der Waals surface area contributed by atoms with Crippen molar-refractivity contribution >= 4 is 23.2 Å². The molecule has 0 saturated carbocycles. The molecule has 0 fully saturated rings. The second kappa shape index (κ2) is 6.41. The number of aromatic amines is 1. The van der Waals surface area contributed by atoms with Crippen LogP contribution < -0.4 is 10.5 Å². The molecule has 128 valence electrons. The first-order valence-electron chi connectivity index (χ1n) is 7.76. The predicted molar refractivity (Wildman–Crippen MR) is 99.8 cm³/mol. The summed E-state index contributed by atoms with van der Waals surface area (Å²) in [4.78, 5) is 7.76. The van der Waals surface area contributed by atoms with Gasteiger partial charge in [-0.1, -0.05) is 59.6 Å². The number of benzene rings is 2. The van der Waals surface area contributed by atoms with Crippen LogP contribution in [0.4, 0.5) is 0 Å². The quantitative estimate of drug-likeness (QED) is 0.677. The first-order valence-corrected chi connectivity index (χ1v) is 8.52. The number of hydrogen-bond donors (Lipinski definition) is 2. The molecule has 5 nitrogen and oxygen atoms in total. The summed E-state index contributed by atoms with van der Waals surface area (Å²) in [6, 6.07) is 17.0. The molecule has 4 rings (SSSR count). The van der Waals surface area contributed by atoms with Gasteiger partial charge in [0.15, 0.2) is 0 Å². The second-order valence-electron chi connectivity index (χ2n) is 5.77. The highest BCUT2D eigenvalue weighted by Crippen LogP contribution is 2.42. The number of nitriles is 1. The highest BCUT2D eigenvalue weighted by molar-refractivity contribution is 6.42. The number of imidazole rings is 1. The lowest BCUT2D eigenvalue weighted by atomic mass is 9.88. The summed E-state index contributed by atoms with van der Waals surface area (Å²) in [5, 5.41) is 10.4. The van der Waals surface area contributed by atoms with Crippen LogP contribution in [0.3, 0.4) is 0 Å². The number of hydrogen-bond acceptors (Lipinski definition) is 4. The highest BCUT2D eigenvalue weighted by Gasteiger charge is 2.34. The van der Waals surface area contributed by atoms with Crippen LogP contribution in [0.25, 0.3) is 11.4 Å². The lowest BCUT2D eigenvalue weighted by Gasteiger charge is -2.22. The van der Waals surface area contributed by atoms with Crippen molar-refractivity contribution in [2.75, 3.05) is 0 Å². The standard InChI is InChI=1S/C19H12Cl2N4O/c20-13-7-6-11(8-14(13)21)15-12(9-22)17(23)26-19-16(15)24-18(25-19)10-4-2-1-3-5-10/h1-8,15H,23H2,(H,24,25)/t15-/m0/s1. The number of allylic oxidation sites excluding steroid dienone is 1. The Labute approximate surface area is 159 Å². The maximum absolute atomic E-state index is 9.61. The van der Waals surface area contributed by atoms with Gasteiger partial charge in [-0.25, -0.2) is 0 Å². The van der Waals surface area contributed by atoms with Crippen molar-refractivity contribution < 1.29 is 4.74 Å². The summed E-state index contributed by atoms with van der Waals surface area (Å²) in [6.45, 7) is 0. The Hall–Kier alpha value is -2.94. The SMILES string of the molecule is N#CC1=C(N)Oc2nc(-c3ccccc3)[nH]c2[C@H]1c1ccc(Cl)c(Cl)c1. The molecule has 0 radical (unpaired) electrons. The van der Waals surface area contributed by atoms with Crippen molar-refractivity contribution in [2.45, 2.75) is 5.92 Å². The third-order valence-electron chi connectivity index (χ3n) is 4.19. The molecule has 1 aliphatic heterocycles. The van der Waals surface area contributed by atoms with E-state index in [1.165, 1.54) is 0 Å². The zero-order chi connectivity index (χ0) is 18.3. The average molecular weight is 383 g/mol. The lowest BCUT2D eigenvalue weighted by Crippen LogP contribution is -2.21. The zero-order valence-electron chi connectivity index (χ0n) is 13.3. The van der Waals surface area contributed by atoms with Gasteiger partial charge in [0.05, 0.1) is 21.7 Å². The minimum atomic E-state index is -0.469. The van der Waals surface area contributed by atoms with Gasteiger partial charge in [0, 0.05) is 5.56 Å². The van der Waals surface area contributed by atoms with Gasteiger partial charge < -0.3 is 15.5 Å². The molecule has 0 unspecified atom stereocenters. The van der Waals surface area contributed by atoms with E-state index in [4.69, 9.17) is 33.7 Å². The van der Waals surface area contributed by atoms with Crippen LogP contribution in [0.5, 0.6) is 5.88 Å². The molecule has 1 aliphatic rings. The number of rotatable bonds is 2. The van der Waals surface area contributed by atoms with Crippen LogP contribution in [0, 0.1) is 11.3 Å². The van der Waals surface area contributed by atoms with Crippen molar-refractivity contribution in [3.05, 3.63) is 81.3 Å². The molecule has 7 heteroatoms. The minimum absolute atomic E-state index is 0.0298. The number of H-pyrrole nitrogens is 1. The number of nitrogens with one attached hydrogen (secondary N) is 1. The van der Waals surface area contributed by atoms with Gasteiger partial charge in [0.2, 0.25) is 11.8 Å². The third-order valence-corrected chi connectivity index (χ3v) is 4.93. The van der Waals surface area contributed by atoms with Crippen LogP contribution in [0.15, 0.2) is 60.0 Å². The number of aromatic nitrogens is 2. The topological polar surface area (TPSA) is 87.7 Å². The fraction of sp³-hybridized carbons (Fsp3) is 0.0526. The normalized spacial score (nSPS) is 16.0. The Morgan fingerprint density at radius 2 is 1.88 bits per heavy atom. The summed E-state index contributed by atoms with van der Waals surface area (Å²) < 4.78 is 5.58. The van der Waals surface area contributed by atoms with E-state index in [2.05, 4.69) is 16.0 Å². The Bertz CT molecular complexity index is 1070. The fourth-order valence-electron chi connectivity index (χ4n) is 2.97. The van der Waals surface area contributed by atoms with Gasteiger partial charge in [0.25, 0.3) is 0 Å². The highest BCUT2D eigenvalue weighted by atomic mass is 35.5. The molecule has 2 aromatic carbocycles. The van der Waals surface area contributed by atoms with E-state index in [0.29, 0.717) is 33.0 Å². The molecule has 1 aromatic heterocycles. The number of fused-ring (bicyclic) bond motifs is 1. The van der Waals surface area contributed by atoms with Crippen LogP contribution in [0.2, 0.25) is 10.0 Å². The molecule has 0 bridgehead atoms. The molecule has 1 atom stereocenters. The molecule has 0 spiro atoms. The summed E-state index contributed by atoms with van der Waals surface area (Å²) in [6.07, 6.45) is 0. The molecule has 0 saturated heterocycles. The van der Waals surface area contributed by atoms with E-state index in [9.17, 15) is 5.26 Å². The summed E-state index contributed by atoms with van der Waals surface area (Å²) >= 11 is 12.2. The van der Waals surface area contributed by atoms with E-state index in [0.717, 1.165) is 11.1 Å². The molecule has 2 heterocycles. The average Bonchev–Trinajstić information content (AvgIpc) is 3.07. The van der Waals surface area contributed by atoms with E-state index in [-0.39, 0.29) is 5.88 Å². The number of nitrogens with zero attached hydrogens (tertiary/aromatic N) is 2. The summed E-state index contributed by atoms with van der Waals surface area (Å²) in [5.74, 6) is 0.537. The van der Waals surface area contributed by atoms with Crippen LogP contribution in [-0.2, 0) is 0 Å². The third kappa shape index (κ3) is 2.70. The van der Waals surface area contributed by atoms with Crippen molar-refractivity contribution in [1.82, 2.24) is 9.97 Å². The van der Waals surface area contributed by atoms with E-state index in [1.807, 2.05) is 36.4 Å². The first kappa shape index (κ1) is 16.5. The maximum atomic E-state index is 9.61. The predicted octanol–water partition coefficient (Wildman–Crippen LogP) is 4.60. The van der Waals surface area contributed by atoms with Gasteiger partial charge in [-0.3, -0.25) is 0 Å². The molecular weight excluding hydrogens is 371 g/mol. The molecule has 0 amide bonds. The van der Waals surface area contributed by atoms with Crippen LogP contribution in [0.1, 0.15) is 17.2 Å². The van der Waals surface area contributed by atoms with Crippen molar-refractivity contribution in [2.24, 2.45) is 5.73 Å². The van der Waals surface area contributed by atoms with Gasteiger partial charge in [-0.2, -0.15) is 10.2 Å². The van der Waals surface area contributed by atoms with E-state index < -0.39 is 5.92 Å². The zero-order valence-corrected chi connectivity index (χ0v) is 14.8. The molecule has 0 aliphatic carbocycles. The summed E-state index contributed by atoms with van der Waals surface area (Å²) in [5.41, 5.74) is 8.58. The van der Waals surface area contributed by atoms with E-state index >= 15 is 0 Å². The van der Waals surface area contributed by atoms with Crippen LogP contribution in [-0.4, -0.2) is 9.97 Å². The maximum Gasteiger partial charge on any atom is 0.243 e. The van der Waals surface area contributed by atoms with Crippen LogP contribution >= 0.6 is 23.2 Å². The number of halogens is 2. The Balaban J connectivity index is 1.89. The Morgan fingerprint density at radius 3 is 2.58 bits per heavy atom. The molecular formula is C19H12Cl2N4O. The molecule has 3 N–H and O–H groups in total. The first-order chi connectivity index (χ1) is 12.6. The van der Waals surface area contributed by atoms with Gasteiger partial charge >= 0.3 is 0 Å². The minimum Gasteiger partial charge on any atom is -0.420 e. The summed E-state index contributed by atoms with van der Waals surface area (Å²) in [7, 11) is 0. The Kier molecular flexibility index (Phi) is 4.08. The lowest BCUT2D eigenvalue weighted by molar-refractivity contribution is 0.380. The van der Waals surface area contributed by atoms with Crippen molar-refractivity contribution in [3.63, 3.8) is 0 Å². The number of nitrogens with two attached hydrogens (primary N) is 1. The molecule has 3 aromatic rings. The molecule has 26 heavy (non-hydrogen) atoms. The second-order valence-corrected chi connectivity index (χ2v) is 6.58. The van der Waals surface area contributed by atoms with E-state index in [1.54, 1.807) is 12.1 Å². The smallest absolute Gasteiger partial charge is 0.243 e. The van der Waals surface area contributed by atoms with Crippen molar-refractivity contribution in [1.29, 1.82) is 5.26 Å². The largest absolute Gasteiger partial charge is 0.420 e. The van der Waals surface area contributed by atoms with Gasteiger partial charge in [-0.05, 0) is 17.7 Å². The van der Waals surface area contributed by atoms with Crippen molar-refractivity contribution in [3.8, 4) is 23.3 Å². The number of ether oxygens (including phenoxy) is 1. The monoisotopic (exact) mass is 382 g/mol.